The van der Waals surface area contributed by atoms with Crippen molar-refractivity contribution >= 4 is 23.9 Å². The van der Waals surface area contributed by atoms with E-state index in [1.807, 2.05) is 69.3 Å². The van der Waals surface area contributed by atoms with E-state index in [-0.39, 0.29) is 24.9 Å². The first kappa shape index (κ1) is 33.6. The third-order valence-corrected chi connectivity index (χ3v) is 7.13. The lowest BCUT2D eigenvalue weighted by molar-refractivity contribution is -0.159. The lowest BCUT2D eigenvalue weighted by atomic mass is 9.93. The van der Waals surface area contributed by atoms with Crippen LogP contribution in [0.15, 0.2) is 48.5 Å². The van der Waals surface area contributed by atoms with Gasteiger partial charge in [0.25, 0.3) is 0 Å². The minimum Gasteiger partial charge on any atom is -0.458 e. The first-order valence-corrected chi connectivity index (χ1v) is 14.9. The molecule has 3 amide bonds. The van der Waals surface area contributed by atoms with E-state index < -0.39 is 47.2 Å². The molecule has 1 fully saturated rings. The van der Waals surface area contributed by atoms with E-state index in [2.05, 4.69) is 10.6 Å². The second kappa shape index (κ2) is 13.6. The highest BCUT2D eigenvalue weighted by Crippen LogP contribution is 2.41. The maximum atomic E-state index is 14.4. The van der Waals surface area contributed by atoms with Crippen LogP contribution in [0.2, 0.25) is 0 Å². The topological polar surface area (TPSA) is 114 Å². The molecule has 0 heterocycles. The standard InChI is InChI=1S/C34H47N3O6/c1-21-14-13-15-22(2)28(21)29(37(26-18-23(26)3)27(38)20-35-32(41)43-34(7,8)9)30(39)36-25(31(40)42-33(4,5)6)19-24-16-11-10-12-17-24/h10-17,23,25-26,29H,18-20H2,1-9H3,(H,35,41)(H,36,39). The summed E-state index contributed by atoms with van der Waals surface area (Å²) in [7, 11) is 0. The summed E-state index contributed by atoms with van der Waals surface area (Å²) in [5.41, 5.74) is 1.72. The Kier molecular flexibility index (Phi) is 10.6. The van der Waals surface area contributed by atoms with Gasteiger partial charge in [0.1, 0.15) is 29.8 Å². The van der Waals surface area contributed by atoms with Crippen LogP contribution in [0.25, 0.3) is 0 Å². The van der Waals surface area contributed by atoms with Crippen molar-refractivity contribution in [1.82, 2.24) is 15.5 Å². The molecule has 0 radical (unpaired) electrons. The molecule has 4 unspecified atom stereocenters. The number of alkyl carbamates (subject to hydrolysis) is 1. The molecule has 0 aliphatic heterocycles. The van der Waals surface area contributed by atoms with E-state index in [9.17, 15) is 19.2 Å². The minimum absolute atomic E-state index is 0.163. The van der Waals surface area contributed by atoms with Gasteiger partial charge in [0.2, 0.25) is 11.8 Å². The average molecular weight is 594 g/mol. The third-order valence-electron chi connectivity index (χ3n) is 7.13. The molecular weight excluding hydrogens is 546 g/mol. The van der Waals surface area contributed by atoms with E-state index in [0.29, 0.717) is 12.0 Å². The van der Waals surface area contributed by atoms with Crippen LogP contribution >= 0.6 is 0 Å². The Morgan fingerprint density at radius 2 is 1.44 bits per heavy atom. The second-order valence-corrected chi connectivity index (χ2v) is 13.4. The molecule has 4 atom stereocenters. The van der Waals surface area contributed by atoms with Crippen LogP contribution in [0.5, 0.6) is 0 Å². The molecule has 0 bridgehead atoms. The van der Waals surface area contributed by atoms with E-state index in [1.54, 1.807) is 46.4 Å². The Labute approximate surface area is 255 Å². The second-order valence-electron chi connectivity index (χ2n) is 13.4. The zero-order chi connectivity index (χ0) is 32.1. The molecule has 2 aromatic rings. The summed E-state index contributed by atoms with van der Waals surface area (Å²) in [4.78, 5) is 55.6. The quantitative estimate of drug-likeness (QED) is 0.367. The Balaban J connectivity index is 2.00. The Morgan fingerprint density at radius 3 is 1.95 bits per heavy atom. The maximum Gasteiger partial charge on any atom is 0.408 e. The van der Waals surface area contributed by atoms with Crippen LogP contribution in [0.3, 0.4) is 0 Å². The molecule has 1 aliphatic carbocycles. The van der Waals surface area contributed by atoms with Gasteiger partial charge in [-0.15, -0.1) is 0 Å². The molecule has 1 saturated carbocycles. The van der Waals surface area contributed by atoms with Gasteiger partial charge >= 0.3 is 12.1 Å². The van der Waals surface area contributed by atoms with Crippen LogP contribution in [0.1, 0.15) is 83.2 Å². The largest absolute Gasteiger partial charge is 0.458 e. The number of carbonyl (C=O) groups excluding carboxylic acids is 4. The van der Waals surface area contributed by atoms with Gasteiger partial charge in [-0.25, -0.2) is 9.59 Å². The molecule has 0 spiro atoms. The van der Waals surface area contributed by atoms with Crippen molar-refractivity contribution < 1.29 is 28.7 Å². The lowest BCUT2D eigenvalue weighted by Gasteiger charge is -2.35. The van der Waals surface area contributed by atoms with E-state index in [0.717, 1.165) is 16.7 Å². The van der Waals surface area contributed by atoms with Crippen LogP contribution in [-0.2, 0) is 30.3 Å². The van der Waals surface area contributed by atoms with Crippen molar-refractivity contribution in [1.29, 1.82) is 0 Å². The van der Waals surface area contributed by atoms with E-state index in [4.69, 9.17) is 9.47 Å². The number of hydrogen-bond donors (Lipinski definition) is 2. The number of nitrogens with one attached hydrogen (secondary N) is 2. The van der Waals surface area contributed by atoms with Gasteiger partial charge in [0.15, 0.2) is 0 Å². The summed E-state index contributed by atoms with van der Waals surface area (Å²) >= 11 is 0. The molecule has 2 N–H and O–H groups in total. The van der Waals surface area contributed by atoms with Crippen LogP contribution in [-0.4, -0.2) is 58.6 Å². The average Bonchev–Trinajstić information content (AvgIpc) is 3.60. The molecular formula is C34H47N3O6. The van der Waals surface area contributed by atoms with E-state index in [1.165, 1.54) is 0 Å². The zero-order valence-corrected chi connectivity index (χ0v) is 26.9. The fourth-order valence-corrected chi connectivity index (χ4v) is 5.09. The highest BCUT2D eigenvalue weighted by molar-refractivity contribution is 5.93. The van der Waals surface area contributed by atoms with Crippen molar-refractivity contribution in [3.8, 4) is 0 Å². The number of ether oxygens (including phenoxy) is 2. The van der Waals surface area contributed by atoms with Crippen molar-refractivity contribution in [2.75, 3.05) is 6.54 Å². The number of nitrogens with zero attached hydrogens (tertiary/aromatic N) is 1. The van der Waals surface area contributed by atoms with Crippen LogP contribution in [0, 0.1) is 19.8 Å². The third kappa shape index (κ3) is 9.83. The Hall–Kier alpha value is -3.88. The summed E-state index contributed by atoms with van der Waals surface area (Å²) in [5.74, 6) is -1.31. The maximum absolute atomic E-state index is 14.4. The van der Waals surface area contributed by atoms with Crippen LogP contribution in [0.4, 0.5) is 4.79 Å². The van der Waals surface area contributed by atoms with Gasteiger partial charge in [-0.05, 0) is 90.0 Å². The van der Waals surface area contributed by atoms with Gasteiger partial charge in [-0.2, -0.15) is 0 Å². The molecule has 9 heteroatoms. The summed E-state index contributed by atoms with van der Waals surface area (Å²) in [5, 5.41) is 5.50. The van der Waals surface area contributed by atoms with Crippen molar-refractivity contribution in [2.24, 2.45) is 5.92 Å². The number of aryl methyl sites for hydroxylation is 2. The molecule has 3 rings (SSSR count). The first-order valence-electron chi connectivity index (χ1n) is 14.9. The SMILES string of the molecule is Cc1cccc(C)c1C(C(=O)NC(Cc1ccccc1)C(=O)OC(C)(C)C)N(C(=O)CNC(=O)OC(C)(C)C)C1CC1C. The zero-order valence-electron chi connectivity index (χ0n) is 26.9. The Morgan fingerprint density at radius 1 is 0.884 bits per heavy atom. The molecule has 9 nitrogen and oxygen atoms in total. The summed E-state index contributed by atoms with van der Waals surface area (Å²) in [6.45, 7) is 16.0. The first-order chi connectivity index (χ1) is 20.0. The van der Waals surface area contributed by atoms with E-state index >= 15 is 0 Å². The van der Waals surface area contributed by atoms with Gasteiger partial charge < -0.3 is 25.0 Å². The molecule has 2 aromatic carbocycles. The monoisotopic (exact) mass is 593 g/mol. The number of rotatable bonds is 10. The summed E-state index contributed by atoms with van der Waals surface area (Å²) in [6.07, 6.45) is 0.215. The predicted molar refractivity (Wildman–Crippen MR) is 165 cm³/mol. The van der Waals surface area contributed by atoms with Crippen molar-refractivity contribution in [2.45, 2.75) is 104 Å². The number of amides is 3. The summed E-state index contributed by atoms with van der Waals surface area (Å²) in [6, 6.07) is 12.9. The normalized spacial score (nSPS) is 17.7. The fourth-order valence-electron chi connectivity index (χ4n) is 5.09. The minimum atomic E-state index is -1.04. The van der Waals surface area contributed by atoms with Gasteiger partial charge in [-0.1, -0.05) is 55.5 Å². The van der Waals surface area contributed by atoms with Gasteiger partial charge in [-0.3, -0.25) is 9.59 Å². The predicted octanol–water partition coefficient (Wildman–Crippen LogP) is 5.18. The molecule has 234 valence electrons. The molecule has 1 aliphatic rings. The summed E-state index contributed by atoms with van der Waals surface area (Å²) < 4.78 is 11.0. The Bertz CT molecular complexity index is 1290. The number of esters is 1. The smallest absolute Gasteiger partial charge is 0.408 e. The fraction of sp³-hybridized carbons (Fsp3) is 0.529. The lowest BCUT2D eigenvalue weighted by Crippen LogP contribution is -2.53. The van der Waals surface area contributed by atoms with Crippen LogP contribution < -0.4 is 10.6 Å². The number of carbonyl (C=O) groups is 4. The highest BCUT2D eigenvalue weighted by Gasteiger charge is 2.47. The van der Waals surface area contributed by atoms with Gasteiger partial charge in [0, 0.05) is 12.5 Å². The molecule has 0 aromatic heterocycles. The van der Waals surface area contributed by atoms with Gasteiger partial charge in [0.05, 0.1) is 0 Å². The molecule has 43 heavy (non-hydrogen) atoms. The highest BCUT2D eigenvalue weighted by atomic mass is 16.6. The van der Waals surface area contributed by atoms with Crippen molar-refractivity contribution in [3.05, 3.63) is 70.8 Å². The van der Waals surface area contributed by atoms with Crippen molar-refractivity contribution in [3.63, 3.8) is 0 Å². The molecule has 0 saturated heterocycles. The number of hydrogen-bond acceptors (Lipinski definition) is 6. The number of benzene rings is 2.